The first-order chi connectivity index (χ1) is 10.2. The van der Waals surface area contributed by atoms with Gasteiger partial charge >= 0.3 is 0 Å². The van der Waals surface area contributed by atoms with E-state index in [0.29, 0.717) is 13.0 Å². The monoisotopic (exact) mass is 303 g/mol. The van der Waals surface area contributed by atoms with Crippen molar-refractivity contribution in [3.63, 3.8) is 0 Å². The van der Waals surface area contributed by atoms with Crippen LogP contribution in [-0.2, 0) is 12.8 Å². The van der Waals surface area contributed by atoms with E-state index in [1.165, 1.54) is 29.1 Å². The lowest BCUT2D eigenvalue weighted by molar-refractivity contribution is 0.112. The Balaban J connectivity index is 2.36. The maximum Gasteiger partial charge on any atom is 0.160 e. The zero-order valence-electron chi connectivity index (χ0n) is 11.8. The molecule has 0 atom stereocenters. The summed E-state index contributed by atoms with van der Waals surface area (Å²) in [5, 5.41) is 0. The van der Waals surface area contributed by atoms with Crippen LogP contribution in [0, 0.1) is 0 Å². The molecule has 0 spiro atoms. The lowest BCUT2D eigenvalue weighted by Crippen LogP contribution is -2.25. The number of fused-ring (bicyclic) bond motifs is 1. The summed E-state index contributed by atoms with van der Waals surface area (Å²) in [6.07, 6.45) is 8.51. The Kier molecular flexibility index (Phi) is 5.28. The van der Waals surface area contributed by atoms with E-state index in [4.69, 9.17) is 0 Å². The van der Waals surface area contributed by atoms with Gasteiger partial charge in [0.1, 0.15) is 5.83 Å². The molecule has 0 unspecified atom stereocenters. The van der Waals surface area contributed by atoms with Crippen molar-refractivity contribution >= 4 is 17.6 Å². The van der Waals surface area contributed by atoms with Crippen LogP contribution < -0.4 is 0 Å². The lowest BCUT2D eigenvalue weighted by Gasteiger charge is -2.23. The average Bonchev–Trinajstić information content (AvgIpc) is 2.78. The van der Waals surface area contributed by atoms with E-state index in [1.54, 1.807) is 6.08 Å². The summed E-state index contributed by atoms with van der Waals surface area (Å²) in [6.45, 7) is 8.74. The van der Waals surface area contributed by atoms with E-state index >= 15 is 0 Å². The molecule has 110 valence electrons. The summed E-state index contributed by atoms with van der Waals surface area (Å²) in [7, 11) is 0. The van der Waals surface area contributed by atoms with Gasteiger partial charge in [-0.05, 0) is 30.2 Å². The van der Waals surface area contributed by atoms with Gasteiger partial charge in [-0.1, -0.05) is 18.7 Å². The molecule has 2 heterocycles. The van der Waals surface area contributed by atoms with Gasteiger partial charge < -0.3 is 4.90 Å². The maximum absolute atomic E-state index is 13.8. The third kappa shape index (κ3) is 3.79. The Morgan fingerprint density at radius 2 is 2.29 bits per heavy atom. The SMILES string of the molecule is C=C/C=C(F)\C=C1/Cc2sc(C=O)cc2CCN1CC=C. The fourth-order valence-electron chi connectivity index (χ4n) is 2.41. The van der Waals surface area contributed by atoms with Crippen molar-refractivity contribution in [3.05, 3.63) is 70.4 Å². The maximum atomic E-state index is 13.8. The number of nitrogens with zero attached hydrogens (tertiary/aromatic N) is 1. The summed E-state index contributed by atoms with van der Waals surface area (Å²) in [5.74, 6) is -0.315. The minimum Gasteiger partial charge on any atom is -0.370 e. The number of thiophene rings is 1. The molecule has 0 fully saturated rings. The second kappa shape index (κ2) is 7.18. The van der Waals surface area contributed by atoms with Gasteiger partial charge in [0.25, 0.3) is 0 Å². The van der Waals surface area contributed by atoms with Gasteiger partial charge in [0, 0.05) is 30.1 Å². The second-order valence-corrected chi connectivity index (χ2v) is 5.97. The van der Waals surface area contributed by atoms with Crippen molar-refractivity contribution in [2.45, 2.75) is 12.8 Å². The Labute approximate surface area is 128 Å². The Morgan fingerprint density at radius 3 is 2.95 bits per heavy atom. The molecule has 2 rings (SSSR count). The molecule has 0 saturated carbocycles. The molecule has 4 heteroatoms. The first-order valence-electron chi connectivity index (χ1n) is 6.79. The average molecular weight is 303 g/mol. The van der Waals surface area contributed by atoms with E-state index in [9.17, 15) is 9.18 Å². The van der Waals surface area contributed by atoms with Gasteiger partial charge in [0.05, 0.1) is 4.88 Å². The molecule has 21 heavy (non-hydrogen) atoms. The van der Waals surface area contributed by atoms with E-state index in [-0.39, 0.29) is 5.83 Å². The van der Waals surface area contributed by atoms with Crippen LogP contribution in [0.3, 0.4) is 0 Å². The van der Waals surface area contributed by atoms with Gasteiger partial charge in [-0.3, -0.25) is 4.79 Å². The molecule has 0 bridgehead atoms. The van der Waals surface area contributed by atoms with Gasteiger partial charge in [0.2, 0.25) is 0 Å². The molecule has 0 saturated heterocycles. The molecule has 0 N–H and O–H groups in total. The van der Waals surface area contributed by atoms with Crippen molar-refractivity contribution in [2.24, 2.45) is 0 Å². The van der Waals surface area contributed by atoms with Gasteiger partial charge in [-0.25, -0.2) is 4.39 Å². The van der Waals surface area contributed by atoms with Crippen LogP contribution in [0.5, 0.6) is 0 Å². The second-order valence-electron chi connectivity index (χ2n) is 4.80. The number of carbonyl (C=O) groups is 1. The van der Waals surface area contributed by atoms with Crippen molar-refractivity contribution in [1.82, 2.24) is 4.90 Å². The fourth-order valence-corrected chi connectivity index (χ4v) is 3.46. The normalized spacial score (nSPS) is 17.3. The summed E-state index contributed by atoms with van der Waals surface area (Å²) in [4.78, 5) is 14.9. The number of carbonyl (C=O) groups excluding carboxylic acids is 1. The Morgan fingerprint density at radius 1 is 1.48 bits per heavy atom. The molecule has 0 radical (unpaired) electrons. The zero-order chi connectivity index (χ0) is 15.2. The molecule has 0 aromatic carbocycles. The molecule has 0 aliphatic carbocycles. The summed E-state index contributed by atoms with van der Waals surface area (Å²) < 4.78 is 13.8. The topological polar surface area (TPSA) is 20.3 Å². The van der Waals surface area contributed by atoms with Crippen LogP contribution in [0.4, 0.5) is 4.39 Å². The lowest BCUT2D eigenvalue weighted by atomic mass is 10.1. The molecule has 1 aromatic rings. The highest BCUT2D eigenvalue weighted by Crippen LogP contribution is 2.29. The largest absolute Gasteiger partial charge is 0.370 e. The van der Waals surface area contributed by atoms with Crippen LogP contribution in [0.25, 0.3) is 0 Å². The minimum absolute atomic E-state index is 0.315. The zero-order valence-corrected chi connectivity index (χ0v) is 12.7. The highest BCUT2D eigenvalue weighted by atomic mass is 32.1. The first kappa shape index (κ1) is 15.4. The van der Waals surface area contributed by atoms with Crippen molar-refractivity contribution in [1.29, 1.82) is 0 Å². The third-order valence-electron chi connectivity index (χ3n) is 3.36. The molecule has 2 nitrogen and oxygen atoms in total. The summed E-state index contributed by atoms with van der Waals surface area (Å²) in [5.41, 5.74) is 2.09. The fraction of sp³-hybridized carbons (Fsp3) is 0.235. The van der Waals surface area contributed by atoms with E-state index in [1.807, 2.05) is 12.1 Å². The third-order valence-corrected chi connectivity index (χ3v) is 4.46. The van der Waals surface area contributed by atoms with Crippen molar-refractivity contribution in [3.8, 4) is 0 Å². The number of halogens is 1. The number of hydrogen-bond donors (Lipinski definition) is 0. The molecular weight excluding hydrogens is 285 g/mol. The number of hydrogen-bond acceptors (Lipinski definition) is 3. The van der Waals surface area contributed by atoms with Gasteiger partial charge in [-0.2, -0.15) is 0 Å². The number of aldehydes is 1. The van der Waals surface area contributed by atoms with Gasteiger partial charge in [-0.15, -0.1) is 17.9 Å². The van der Waals surface area contributed by atoms with Crippen LogP contribution >= 0.6 is 11.3 Å². The molecule has 1 aliphatic rings. The predicted octanol–water partition coefficient (Wildman–Crippen LogP) is 4.07. The molecule has 1 aromatic heterocycles. The van der Waals surface area contributed by atoms with Crippen LogP contribution in [0.1, 0.15) is 20.1 Å². The Bertz CT molecular complexity index is 612. The molecule has 1 aliphatic heterocycles. The van der Waals surface area contributed by atoms with Gasteiger partial charge in [0.15, 0.2) is 6.29 Å². The number of rotatable bonds is 5. The highest BCUT2D eigenvalue weighted by molar-refractivity contribution is 7.13. The van der Waals surface area contributed by atoms with Crippen LogP contribution in [0.2, 0.25) is 0 Å². The van der Waals surface area contributed by atoms with E-state index < -0.39 is 0 Å². The van der Waals surface area contributed by atoms with Crippen LogP contribution in [-0.4, -0.2) is 24.3 Å². The Hall–Kier alpha value is -1.94. The first-order valence-corrected chi connectivity index (χ1v) is 7.61. The van der Waals surface area contributed by atoms with E-state index in [2.05, 4.69) is 18.1 Å². The summed E-state index contributed by atoms with van der Waals surface area (Å²) in [6, 6.07) is 1.94. The predicted molar refractivity (Wildman–Crippen MR) is 86.4 cm³/mol. The number of allylic oxidation sites excluding steroid dienone is 5. The van der Waals surface area contributed by atoms with Crippen LogP contribution in [0.15, 0.2) is 55.1 Å². The smallest absolute Gasteiger partial charge is 0.160 e. The van der Waals surface area contributed by atoms with Crippen molar-refractivity contribution < 1.29 is 9.18 Å². The van der Waals surface area contributed by atoms with E-state index in [0.717, 1.165) is 34.7 Å². The standard InChI is InChI=1S/C17H18FNOS/c1-3-5-14(18)10-15-11-17-13(9-16(12-20)21-17)6-8-19(15)7-4-2/h3-5,9-10,12H,1-2,6-8,11H2/b14-5+,15-10+. The molecule has 0 amide bonds. The van der Waals surface area contributed by atoms with Crippen molar-refractivity contribution in [2.75, 3.05) is 13.1 Å². The highest BCUT2D eigenvalue weighted by Gasteiger charge is 2.19. The minimum atomic E-state index is -0.315. The quantitative estimate of drug-likeness (QED) is 0.464. The summed E-state index contributed by atoms with van der Waals surface area (Å²) >= 11 is 1.49. The molecular formula is C17H18FNOS.